The lowest BCUT2D eigenvalue weighted by atomic mass is 9.72. The first-order valence-electron chi connectivity index (χ1n) is 35.6. The summed E-state index contributed by atoms with van der Waals surface area (Å²) in [5, 5.41) is 2.39. The molecule has 12 aromatic rings. The Morgan fingerprint density at radius 1 is 0.277 bits per heavy atom. The minimum Gasteiger partial charge on any atom is -0.382 e. The van der Waals surface area contributed by atoms with Crippen LogP contribution in [0.4, 0.5) is 34.1 Å². The van der Waals surface area contributed by atoms with Gasteiger partial charge in [-0.2, -0.15) is 0 Å². The van der Waals surface area contributed by atoms with Gasteiger partial charge in [0.1, 0.15) is 0 Å². The van der Waals surface area contributed by atoms with Gasteiger partial charge < -0.3 is 52.3 Å². The summed E-state index contributed by atoms with van der Waals surface area (Å²) in [6, 6.07) is 92.2. The summed E-state index contributed by atoms with van der Waals surface area (Å²) in [5.41, 5.74) is 26.2. The highest BCUT2D eigenvalue weighted by Crippen LogP contribution is 2.57. The summed E-state index contributed by atoms with van der Waals surface area (Å²) < 4.78 is 49.9. The van der Waals surface area contributed by atoms with Crippen molar-refractivity contribution in [2.45, 2.75) is 50.4 Å². The van der Waals surface area contributed by atoms with Crippen LogP contribution in [0.1, 0.15) is 59.1 Å². The average Bonchev–Trinajstić information content (AvgIpc) is 1.58. The van der Waals surface area contributed by atoms with Gasteiger partial charge in [-0.15, -0.1) is 0 Å². The zero-order valence-electron chi connectivity index (χ0n) is 59.1. The highest BCUT2D eigenvalue weighted by atomic mass is 16.5. The minimum absolute atomic E-state index is 0.425. The van der Waals surface area contributed by atoms with Crippen LogP contribution in [-0.2, 0) is 48.7 Å². The van der Waals surface area contributed by atoms with Gasteiger partial charge in [-0.3, -0.25) is 0 Å². The van der Waals surface area contributed by atoms with Crippen LogP contribution >= 0.6 is 0 Å². The molecule has 11 nitrogen and oxygen atoms in total. The number of ether oxygens (including phenoxy) is 8. The number of rotatable bonds is 33. The van der Waals surface area contributed by atoms with E-state index in [0.717, 1.165) is 87.7 Å². The molecule has 2 aliphatic carbocycles. The molecule has 0 N–H and O–H groups in total. The van der Waals surface area contributed by atoms with E-state index in [4.69, 9.17) is 37.9 Å². The van der Waals surface area contributed by atoms with Gasteiger partial charge in [-0.25, -0.2) is 0 Å². The van der Waals surface area contributed by atoms with Crippen molar-refractivity contribution in [3.63, 3.8) is 0 Å². The van der Waals surface area contributed by atoms with Gasteiger partial charge >= 0.3 is 0 Å². The van der Waals surface area contributed by atoms with E-state index in [1.807, 2.05) is 0 Å². The lowest BCUT2D eigenvalue weighted by Crippen LogP contribution is -2.30. The van der Waals surface area contributed by atoms with E-state index in [0.29, 0.717) is 79.3 Å². The van der Waals surface area contributed by atoms with E-state index in [1.54, 1.807) is 28.4 Å². The second kappa shape index (κ2) is 31.6. The van der Waals surface area contributed by atoms with Crippen LogP contribution in [0.3, 0.4) is 0 Å². The SMILES string of the molecule is COCCOCCC1(CCOCCOC)c2cc(C)ccc2-c2ccc(N(c3ccc(-c4ccc5c(c4)c4ccccc4n5-c4ccc(N(c5ccccc5)c5ccc(-c6ccccc6)cc5)cc4)cc3)c3ccc4c(c3)C(CCOCCOC)(CCOCCOC)c3cc(C)ccc3-4)cc21. The fraction of sp³-hybridized carbons (Fsp3) is 0.267. The Morgan fingerprint density at radius 2 is 0.624 bits per heavy atom. The number of nitrogens with zero attached hydrogens (tertiary/aromatic N) is 3. The van der Waals surface area contributed by atoms with Gasteiger partial charge in [0.05, 0.1) is 63.9 Å². The highest BCUT2D eigenvalue weighted by molar-refractivity contribution is 6.10. The van der Waals surface area contributed by atoms with Crippen LogP contribution in [0.2, 0.25) is 0 Å². The monoisotopic (exact) mass is 1340 g/mol. The Morgan fingerprint density at radius 3 is 1.09 bits per heavy atom. The average molecular weight is 1340 g/mol. The van der Waals surface area contributed by atoms with Crippen LogP contribution in [0, 0.1) is 13.8 Å². The number of methoxy groups -OCH3 is 4. The molecule has 0 aliphatic heterocycles. The first-order chi connectivity index (χ1) is 49.7. The maximum Gasteiger partial charge on any atom is 0.0700 e. The molecule has 0 spiro atoms. The molecule has 0 radical (unpaired) electrons. The molecule has 1 heterocycles. The third-order valence-corrected chi connectivity index (χ3v) is 20.7. The zero-order chi connectivity index (χ0) is 69.1. The molecule has 101 heavy (non-hydrogen) atoms. The molecule has 0 fully saturated rings. The maximum atomic E-state index is 6.41. The van der Waals surface area contributed by atoms with Crippen LogP contribution in [0.15, 0.2) is 249 Å². The Bertz CT molecular complexity index is 4600. The normalized spacial score (nSPS) is 13.2. The predicted octanol–water partition coefficient (Wildman–Crippen LogP) is 20.4. The van der Waals surface area contributed by atoms with Crippen molar-refractivity contribution in [2.75, 3.05) is 118 Å². The largest absolute Gasteiger partial charge is 0.382 e. The minimum atomic E-state index is -0.425. The third-order valence-electron chi connectivity index (χ3n) is 20.7. The molecule has 0 saturated heterocycles. The van der Waals surface area contributed by atoms with Crippen molar-refractivity contribution in [3.05, 3.63) is 282 Å². The van der Waals surface area contributed by atoms with Gasteiger partial charge in [-0.05, 0) is 209 Å². The van der Waals surface area contributed by atoms with Crippen molar-refractivity contribution in [1.82, 2.24) is 4.57 Å². The van der Waals surface area contributed by atoms with Gasteiger partial charge in [-0.1, -0.05) is 157 Å². The van der Waals surface area contributed by atoms with E-state index in [1.165, 1.54) is 77.5 Å². The number of hydrogen-bond acceptors (Lipinski definition) is 10. The van der Waals surface area contributed by atoms with Gasteiger partial charge in [0, 0.05) is 116 Å². The molecular weight excluding hydrogens is 1250 g/mol. The summed E-state index contributed by atoms with van der Waals surface area (Å²) in [7, 11) is 6.90. The summed E-state index contributed by atoms with van der Waals surface area (Å²) in [6.07, 6.45) is 3.05. The summed E-state index contributed by atoms with van der Waals surface area (Å²) in [4.78, 5) is 4.80. The number of fused-ring (bicyclic) bond motifs is 9. The van der Waals surface area contributed by atoms with Crippen LogP contribution in [-0.4, -0.2) is 112 Å². The predicted molar refractivity (Wildman–Crippen MR) is 412 cm³/mol. The summed E-state index contributed by atoms with van der Waals surface area (Å²) in [6.45, 7) is 10.8. The smallest absolute Gasteiger partial charge is 0.0700 e. The van der Waals surface area contributed by atoms with Crippen LogP contribution in [0.25, 0.3) is 72.0 Å². The van der Waals surface area contributed by atoms with E-state index in [-0.39, 0.29) is 0 Å². The molecule has 11 heteroatoms. The van der Waals surface area contributed by atoms with Crippen molar-refractivity contribution in [3.8, 4) is 50.2 Å². The van der Waals surface area contributed by atoms with Gasteiger partial charge in [0.15, 0.2) is 0 Å². The van der Waals surface area contributed by atoms with Gasteiger partial charge in [0.25, 0.3) is 0 Å². The lowest BCUT2D eigenvalue weighted by molar-refractivity contribution is 0.0490. The number of benzene rings is 11. The van der Waals surface area contributed by atoms with Crippen molar-refractivity contribution in [1.29, 1.82) is 0 Å². The van der Waals surface area contributed by atoms with Crippen molar-refractivity contribution >= 4 is 55.9 Å². The molecule has 514 valence electrons. The molecule has 0 amide bonds. The first-order valence-corrected chi connectivity index (χ1v) is 35.6. The lowest BCUT2D eigenvalue weighted by Gasteiger charge is -2.35. The van der Waals surface area contributed by atoms with Crippen molar-refractivity contribution in [2.24, 2.45) is 0 Å². The molecule has 0 unspecified atom stereocenters. The molecule has 14 rings (SSSR count). The molecule has 0 bridgehead atoms. The van der Waals surface area contributed by atoms with Crippen LogP contribution in [0.5, 0.6) is 0 Å². The second-order valence-corrected chi connectivity index (χ2v) is 26.7. The molecule has 0 atom stereocenters. The molecule has 0 saturated carbocycles. The number of anilines is 6. The summed E-state index contributed by atoms with van der Waals surface area (Å²) in [5.74, 6) is 0. The topological polar surface area (TPSA) is 85.3 Å². The Kier molecular flexibility index (Phi) is 21.5. The Labute approximate surface area is 595 Å². The van der Waals surface area contributed by atoms with E-state index in [9.17, 15) is 0 Å². The Hall–Kier alpha value is -9.50. The third kappa shape index (κ3) is 14.1. The zero-order valence-corrected chi connectivity index (χ0v) is 59.1. The molecule has 11 aromatic carbocycles. The number of aromatic nitrogens is 1. The summed E-state index contributed by atoms with van der Waals surface area (Å²) >= 11 is 0. The number of para-hydroxylation sites is 2. The fourth-order valence-corrected chi connectivity index (χ4v) is 15.7. The van der Waals surface area contributed by atoms with Crippen molar-refractivity contribution < 1.29 is 37.9 Å². The fourth-order valence-electron chi connectivity index (χ4n) is 15.7. The number of aryl methyl sites for hydroxylation is 2. The quantitative estimate of drug-likeness (QED) is 0.0371. The Balaban J connectivity index is 0.865. The molecule has 1 aromatic heterocycles. The molecular formula is C90H91N3O8. The first kappa shape index (κ1) is 68.6. The highest BCUT2D eigenvalue weighted by Gasteiger charge is 2.45. The second-order valence-electron chi connectivity index (χ2n) is 26.7. The standard InChI is InChI=1S/C90H91N3O8/c1-64-21-38-77-79-40-36-75(62-85(79)89(83(77)59-64,43-47-98-55-51-94-3)44-48-99-56-52-95-4)92(76-37-41-80-78-39-22-65(2)60-84(78)90(86(80)63-76,45-49-100-57-53-96-5)46-50-101-58-54-97-6)72-30-25-68(26-31-72)69-27-42-88-82(61-69)81-19-13-14-20-87(81)93(88)74-34-32-73(33-35-74)91(70-17-11-8-12-18-70)71-28-23-67(24-29-71)66-15-9-7-10-16-66/h7-42,59-63H,43-58H2,1-6H3. The van der Waals surface area contributed by atoms with Crippen LogP contribution < -0.4 is 9.80 Å². The van der Waals surface area contributed by atoms with Gasteiger partial charge in [0.2, 0.25) is 0 Å². The maximum absolute atomic E-state index is 6.41. The van der Waals surface area contributed by atoms with E-state index < -0.39 is 10.8 Å². The molecule has 2 aliphatic rings. The van der Waals surface area contributed by atoms with E-state index in [2.05, 4.69) is 277 Å². The van der Waals surface area contributed by atoms with E-state index >= 15 is 0 Å². The number of hydrogen-bond donors (Lipinski definition) is 0.